The molecule has 94 valence electrons. The average molecular weight is 239 g/mol. The Morgan fingerprint density at radius 3 is 3.18 bits per heavy atom. The number of aryl methyl sites for hydroxylation is 1. The lowest BCUT2D eigenvalue weighted by Crippen LogP contribution is -2.54. The van der Waals surface area contributed by atoms with Crippen molar-refractivity contribution in [3.05, 3.63) is 12.2 Å². The zero-order chi connectivity index (χ0) is 12.3. The van der Waals surface area contributed by atoms with E-state index in [0.29, 0.717) is 38.4 Å². The van der Waals surface area contributed by atoms with Crippen LogP contribution >= 0.6 is 0 Å². The maximum absolute atomic E-state index is 11.8. The first-order valence-electron chi connectivity index (χ1n) is 5.60. The highest BCUT2D eigenvalue weighted by molar-refractivity contribution is 5.86. The van der Waals surface area contributed by atoms with Gasteiger partial charge in [-0.3, -0.25) is 9.48 Å². The van der Waals surface area contributed by atoms with Crippen molar-refractivity contribution in [2.45, 2.75) is 18.4 Å². The van der Waals surface area contributed by atoms with Crippen LogP contribution in [0.4, 0.5) is 0 Å². The van der Waals surface area contributed by atoms with Crippen LogP contribution in [0.1, 0.15) is 12.2 Å². The number of hydrogen-bond acceptors (Lipinski definition) is 5. The molecule has 0 radical (unpaired) electrons. The van der Waals surface area contributed by atoms with E-state index in [1.807, 2.05) is 0 Å². The molecule has 1 aliphatic heterocycles. The van der Waals surface area contributed by atoms with Gasteiger partial charge < -0.3 is 15.8 Å². The summed E-state index contributed by atoms with van der Waals surface area (Å²) in [5.41, 5.74) is 5.05. The highest BCUT2D eigenvalue weighted by atomic mass is 16.5. The average Bonchev–Trinajstić information content (AvgIpc) is 2.89. The zero-order valence-corrected chi connectivity index (χ0v) is 9.85. The molecule has 0 aromatic carbocycles. The van der Waals surface area contributed by atoms with Crippen molar-refractivity contribution >= 4 is 5.91 Å². The Balaban J connectivity index is 1.77. The van der Waals surface area contributed by atoms with E-state index >= 15 is 0 Å². The van der Waals surface area contributed by atoms with Crippen molar-refractivity contribution in [3.8, 4) is 0 Å². The Morgan fingerprint density at radius 1 is 1.76 bits per heavy atom. The van der Waals surface area contributed by atoms with Gasteiger partial charge in [-0.1, -0.05) is 0 Å². The molecule has 3 N–H and O–H groups in total. The molecule has 1 fully saturated rings. The molecule has 1 amide bonds. The number of carbonyl (C=O) groups is 1. The normalized spacial score (nSPS) is 23.9. The summed E-state index contributed by atoms with van der Waals surface area (Å²) in [4.78, 5) is 15.9. The highest BCUT2D eigenvalue weighted by Crippen LogP contribution is 2.15. The van der Waals surface area contributed by atoms with Crippen LogP contribution in [0.25, 0.3) is 0 Å². The second-order valence-electron chi connectivity index (χ2n) is 4.30. The molecule has 2 heterocycles. The number of rotatable bonds is 4. The van der Waals surface area contributed by atoms with Gasteiger partial charge in [0.2, 0.25) is 5.91 Å². The van der Waals surface area contributed by atoms with Gasteiger partial charge in [-0.05, 0) is 6.42 Å². The summed E-state index contributed by atoms with van der Waals surface area (Å²) in [6, 6.07) is 0. The lowest BCUT2D eigenvalue weighted by atomic mass is 9.99. The van der Waals surface area contributed by atoms with E-state index in [2.05, 4.69) is 15.4 Å². The van der Waals surface area contributed by atoms with Gasteiger partial charge in [0.25, 0.3) is 0 Å². The number of hydrogen-bond donors (Lipinski definition) is 2. The Kier molecular flexibility index (Phi) is 3.39. The van der Waals surface area contributed by atoms with E-state index in [-0.39, 0.29) is 5.91 Å². The van der Waals surface area contributed by atoms with Crippen LogP contribution in [0.2, 0.25) is 0 Å². The predicted octanol–water partition coefficient (Wildman–Crippen LogP) is -1.41. The van der Waals surface area contributed by atoms with Crippen molar-refractivity contribution in [2.75, 3.05) is 19.8 Å². The Hall–Kier alpha value is -1.47. The van der Waals surface area contributed by atoms with Crippen LogP contribution < -0.4 is 11.1 Å². The van der Waals surface area contributed by atoms with E-state index in [0.717, 1.165) is 0 Å². The van der Waals surface area contributed by atoms with Crippen molar-refractivity contribution in [1.82, 2.24) is 20.1 Å². The summed E-state index contributed by atoms with van der Waals surface area (Å²) >= 11 is 0. The van der Waals surface area contributed by atoms with Gasteiger partial charge in [-0.15, -0.1) is 0 Å². The van der Waals surface area contributed by atoms with Gasteiger partial charge in [0, 0.05) is 26.6 Å². The first-order valence-corrected chi connectivity index (χ1v) is 5.60. The lowest BCUT2D eigenvalue weighted by Gasteiger charge is -2.20. The van der Waals surface area contributed by atoms with E-state index in [4.69, 9.17) is 10.5 Å². The molecule has 1 unspecified atom stereocenters. The third kappa shape index (κ3) is 2.80. The predicted molar refractivity (Wildman–Crippen MR) is 60.1 cm³/mol. The van der Waals surface area contributed by atoms with Crippen LogP contribution in [-0.2, 0) is 23.0 Å². The largest absolute Gasteiger partial charge is 0.379 e. The Morgan fingerprint density at radius 2 is 2.59 bits per heavy atom. The van der Waals surface area contributed by atoms with Crippen LogP contribution in [0, 0.1) is 0 Å². The van der Waals surface area contributed by atoms with Crippen LogP contribution in [0.5, 0.6) is 0 Å². The standard InChI is InChI=1S/C10H17N5O2/c1-15-7-13-8(14-15)2-4-12-9(16)10(11)3-5-17-6-10/h7H,2-6,11H2,1H3,(H,12,16). The Bertz CT molecular complexity index is 397. The quantitative estimate of drug-likeness (QED) is 0.673. The molecule has 1 atom stereocenters. The summed E-state index contributed by atoms with van der Waals surface area (Å²) in [5, 5.41) is 6.91. The molecule has 17 heavy (non-hydrogen) atoms. The second-order valence-corrected chi connectivity index (χ2v) is 4.30. The van der Waals surface area contributed by atoms with Crippen molar-refractivity contribution < 1.29 is 9.53 Å². The molecule has 1 aromatic heterocycles. The lowest BCUT2D eigenvalue weighted by molar-refractivity contribution is -0.126. The smallest absolute Gasteiger partial charge is 0.242 e. The number of carbonyl (C=O) groups excluding carboxylic acids is 1. The van der Waals surface area contributed by atoms with E-state index in [1.54, 1.807) is 18.1 Å². The van der Waals surface area contributed by atoms with Crippen molar-refractivity contribution in [2.24, 2.45) is 12.8 Å². The van der Waals surface area contributed by atoms with Crippen molar-refractivity contribution in [3.63, 3.8) is 0 Å². The van der Waals surface area contributed by atoms with Gasteiger partial charge in [-0.25, -0.2) is 4.98 Å². The first-order chi connectivity index (χ1) is 8.10. The number of nitrogens with zero attached hydrogens (tertiary/aromatic N) is 3. The molecule has 1 aromatic rings. The molecule has 0 saturated carbocycles. The fourth-order valence-corrected chi connectivity index (χ4v) is 1.72. The SMILES string of the molecule is Cn1cnc(CCNC(=O)C2(N)CCOC2)n1. The molecule has 1 saturated heterocycles. The topological polar surface area (TPSA) is 95.1 Å². The molecular formula is C10H17N5O2. The molecule has 0 spiro atoms. The Labute approximate surface area is 99.3 Å². The van der Waals surface area contributed by atoms with E-state index in [9.17, 15) is 4.79 Å². The molecule has 0 bridgehead atoms. The first kappa shape index (κ1) is 12.0. The molecule has 7 heteroatoms. The number of nitrogens with two attached hydrogens (primary N) is 1. The fourth-order valence-electron chi connectivity index (χ4n) is 1.72. The molecule has 0 aliphatic carbocycles. The summed E-state index contributed by atoms with van der Waals surface area (Å²) in [7, 11) is 1.81. The molecular weight excluding hydrogens is 222 g/mol. The molecule has 2 rings (SSSR count). The minimum absolute atomic E-state index is 0.161. The molecule has 1 aliphatic rings. The maximum Gasteiger partial charge on any atom is 0.242 e. The van der Waals surface area contributed by atoms with Crippen LogP contribution in [-0.4, -0.2) is 46.0 Å². The summed E-state index contributed by atoms with van der Waals surface area (Å²) < 4.78 is 6.77. The number of nitrogens with one attached hydrogen (secondary N) is 1. The zero-order valence-electron chi connectivity index (χ0n) is 9.85. The highest BCUT2D eigenvalue weighted by Gasteiger charge is 2.37. The summed E-state index contributed by atoms with van der Waals surface area (Å²) in [6.45, 7) is 1.33. The summed E-state index contributed by atoms with van der Waals surface area (Å²) in [6.07, 6.45) is 2.80. The summed E-state index contributed by atoms with van der Waals surface area (Å²) in [5.74, 6) is 0.549. The number of ether oxygens (including phenoxy) is 1. The number of aromatic nitrogens is 3. The van der Waals surface area contributed by atoms with Gasteiger partial charge in [0.1, 0.15) is 11.9 Å². The third-order valence-corrected chi connectivity index (χ3v) is 2.79. The van der Waals surface area contributed by atoms with Gasteiger partial charge >= 0.3 is 0 Å². The van der Waals surface area contributed by atoms with E-state index in [1.165, 1.54) is 0 Å². The van der Waals surface area contributed by atoms with Gasteiger partial charge in [-0.2, -0.15) is 5.10 Å². The minimum Gasteiger partial charge on any atom is -0.379 e. The van der Waals surface area contributed by atoms with Crippen molar-refractivity contribution in [1.29, 1.82) is 0 Å². The number of amides is 1. The van der Waals surface area contributed by atoms with Crippen LogP contribution in [0.15, 0.2) is 6.33 Å². The second kappa shape index (κ2) is 4.80. The van der Waals surface area contributed by atoms with Gasteiger partial charge in [0.05, 0.1) is 6.61 Å². The monoisotopic (exact) mass is 239 g/mol. The maximum atomic E-state index is 11.8. The fraction of sp³-hybridized carbons (Fsp3) is 0.700. The minimum atomic E-state index is -0.864. The van der Waals surface area contributed by atoms with E-state index < -0.39 is 5.54 Å². The molecule has 7 nitrogen and oxygen atoms in total. The third-order valence-electron chi connectivity index (χ3n) is 2.79. The van der Waals surface area contributed by atoms with Crippen LogP contribution in [0.3, 0.4) is 0 Å². The van der Waals surface area contributed by atoms with Gasteiger partial charge in [0.15, 0.2) is 5.82 Å².